The van der Waals surface area contributed by atoms with Gasteiger partial charge in [0.2, 0.25) is 0 Å². The van der Waals surface area contributed by atoms with Gasteiger partial charge in [-0.05, 0) is 43.2 Å². The third kappa shape index (κ3) is 4.56. The molecule has 0 aliphatic heterocycles. The maximum atomic E-state index is 13.7. The van der Waals surface area contributed by atoms with Gasteiger partial charge in [0.05, 0.1) is 18.3 Å². The lowest BCUT2D eigenvalue weighted by Crippen LogP contribution is -2.25. The molecule has 25 heavy (non-hydrogen) atoms. The predicted octanol–water partition coefficient (Wildman–Crippen LogP) is 2.68. The highest BCUT2D eigenvalue weighted by atomic mass is 127. The van der Waals surface area contributed by atoms with Crippen molar-refractivity contribution in [2.45, 2.75) is 23.8 Å². The number of rotatable bonds is 8. The summed E-state index contributed by atoms with van der Waals surface area (Å²) in [6.07, 6.45) is 0.368. The fraction of sp³-hybridized carbons (Fsp3) is 0.412. The molecule has 2 rings (SSSR count). The van der Waals surface area contributed by atoms with Crippen molar-refractivity contribution in [1.29, 1.82) is 0 Å². The third-order valence-electron chi connectivity index (χ3n) is 3.79. The Hall–Kier alpha value is -1.52. The Kier molecular flexibility index (Phi) is 7.33. The summed E-state index contributed by atoms with van der Waals surface area (Å²) in [5, 5.41) is 13.7. The van der Waals surface area contributed by atoms with Crippen molar-refractivity contribution in [1.82, 2.24) is 9.78 Å². The molecule has 1 heterocycles. The fourth-order valence-corrected chi connectivity index (χ4v) is 3.08. The highest BCUT2D eigenvalue weighted by molar-refractivity contribution is 14.1. The average Bonchev–Trinajstić information content (AvgIpc) is 3.05. The molecular formula is C17H21FIN3O3. The SMILES string of the molecule is CCOC(=O)c1cc(-c2ccc(F)c(CI)c2)nn1C(CN)CCO. The summed E-state index contributed by atoms with van der Waals surface area (Å²) in [6, 6.07) is 6.01. The van der Waals surface area contributed by atoms with Crippen LogP contribution in [0.3, 0.4) is 0 Å². The second kappa shape index (κ2) is 9.25. The normalized spacial score (nSPS) is 12.2. The molecule has 0 saturated carbocycles. The van der Waals surface area contributed by atoms with Gasteiger partial charge in [0.15, 0.2) is 0 Å². The molecule has 8 heteroatoms. The minimum Gasteiger partial charge on any atom is -0.461 e. The summed E-state index contributed by atoms with van der Waals surface area (Å²) >= 11 is 2.09. The van der Waals surface area contributed by atoms with Crippen LogP contribution >= 0.6 is 22.6 Å². The Morgan fingerprint density at radius 3 is 2.84 bits per heavy atom. The number of aromatic nitrogens is 2. The first-order chi connectivity index (χ1) is 12.0. The zero-order valence-electron chi connectivity index (χ0n) is 13.9. The Morgan fingerprint density at radius 2 is 2.24 bits per heavy atom. The minimum absolute atomic E-state index is 0.0745. The van der Waals surface area contributed by atoms with E-state index >= 15 is 0 Å². The molecule has 3 N–H and O–H groups in total. The monoisotopic (exact) mass is 461 g/mol. The standard InChI is InChI=1S/C17H21FIN3O3/c1-2-25-17(24)16-8-15(21-22(16)13(10-20)5-6-23)11-3-4-14(18)12(7-11)9-19/h3-4,7-8,13,23H,2,5-6,9-10,20H2,1H3. The highest BCUT2D eigenvalue weighted by Gasteiger charge is 2.22. The van der Waals surface area contributed by atoms with Gasteiger partial charge < -0.3 is 15.6 Å². The molecule has 0 aliphatic rings. The number of nitrogens with two attached hydrogens (primary N) is 1. The summed E-state index contributed by atoms with van der Waals surface area (Å²) in [7, 11) is 0. The van der Waals surface area contributed by atoms with Crippen LogP contribution in [0, 0.1) is 5.82 Å². The lowest BCUT2D eigenvalue weighted by Gasteiger charge is -2.16. The van der Waals surface area contributed by atoms with Gasteiger partial charge in [0.1, 0.15) is 11.5 Å². The van der Waals surface area contributed by atoms with E-state index in [0.717, 1.165) is 0 Å². The zero-order valence-corrected chi connectivity index (χ0v) is 16.1. The van der Waals surface area contributed by atoms with Crippen LogP contribution in [0.25, 0.3) is 11.3 Å². The van der Waals surface area contributed by atoms with E-state index in [4.69, 9.17) is 10.5 Å². The van der Waals surface area contributed by atoms with E-state index in [2.05, 4.69) is 27.7 Å². The summed E-state index contributed by atoms with van der Waals surface area (Å²) in [4.78, 5) is 12.3. The molecule has 2 aromatic rings. The Bertz CT molecular complexity index is 736. The number of aliphatic hydroxyl groups excluding tert-OH is 1. The first kappa shape index (κ1) is 19.8. The number of halogens is 2. The Morgan fingerprint density at radius 1 is 1.48 bits per heavy atom. The van der Waals surface area contributed by atoms with Crippen LogP contribution in [0.2, 0.25) is 0 Å². The average molecular weight is 461 g/mol. The second-order valence-corrected chi connectivity index (χ2v) is 6.18. The van der Waals surface area contributed by atoms with E-state index < -0.39 is 5.97 Å². The number of benzene rings is 1. The molecule has 0 aliphatic carbocycles. The lowest BCUT2D eigenvalue weighted by molar-refractivity contribution is 0.0507. The van der Waals surface area contributed by atoms with Gasteiger partial charge in [-0.3, -0.25) is 4.68 Å². The number of ether oxygens (including phenoxy) is 1. The van der Waals surface area contributed by atoms with Crippen molar-refractivity contribution in [3.05, 3.63) is 41.3 Å². The molecule has 0 bridgehead atoms. The molecule has 1 unspecified atom stereocenters. The van der Waals surface area contributed by atoms with E-state index in [9.17, 15) is 14.3 Å². The van der Waals surface area contributed by atoms with Gasteiger partial charge in [-0.15, -0.1) is 0 Å². The van der Waals surface area contributed by atoms with Crippen LogP contribution in [0.15, 0.2) is 24.3 Å². The number of nitrogens with zero attached hydrogens (tertiary/aromatic N) is 2. The number of hydrogen-bond donors (Lipinski definition) is 2. The first-order valence-corrected chi connectivity index (χ1v) is 9.50. The maximum Gasteiger partial charge on any atom is 0.356 e. The predicted molar refractivity (Wildman–Crippen MR) is 101 cm³/mol. The van der Waals surface area contributed by atoms with Gasteiger partial charge in [0, 0.05) is 23.1 Å². The summed E-state index contributed by atoms with van der Waals surface area (Å²) in [5.74, 6) is -0.780. The van der Waals surface area contributed by atoms with Crippen LogP contribution in [0.4, 0.5) is 4.39 Å². The first-order valence-electron chi connectivity index (χ1n) is 7.98. The van der Waals surface area contributed by atoms with E-state index in [-0.39, 0.29) is 37.3 Å². The Labute approximate surface area is 159 Å². The van der Waals surface area contributed by atoms with Crippen molar-refractivity contribution in [3.8, 4) is 11.3 Å². The maximum absolute atomic E-state index is 13.7. The summed E-state index contributed by atoms with van der Waals surface area (Å²) in [5.41, 5.74) is 7.84. The van der Waals surface area contributed by atoms with Crippen LogP contribution < -0.4 is 5.73 Å². The van der Waals surface area contributed by atoms with Gasteiger partial charge >= 0.3 is 5.97 Å². The Balaban J connectivity index is 2.51. The zero-order chi connectivity index (χ0) is 18.4. The molecule has 0 saturated heterocycles. The van der Waals surface area contributed by atoms with Crippen molar-refractivity contribution in [3.63, 3.8) is 0 Å². The molecule has 1 aromatic heterocycles. The molecule has 0 radical (unpaired) electrons. The van der Waals surface area contributed by atoms with Crippen molar-refractivity contribution >= 4 is 28.6 Å². The number of carbonyl (C=O) groups excluding carboxylic acids is 1. The summed E-state index contributed by atoms with van der Waals surface area (Å²) < 4.78 is 20.8. The molecular weight excluding hydrogens is 440 g/mol. The van der Waals surface area contributed by atoms with Crippen molar-refractivity contribution in [2.75, 3.05) is 19.8 Å². The van der Waals surface area contributed by atoms with Crippen molar-refractivity contribution < 1.29 is 19.0 Å². The number of alkyl halides is 1. The summed E-state index contributed by atoms with van der Waals surface area (Å²) in [6.45, 7) is 2.11. The number of aliphatic hydroxyl groups is 1. The highest BCUT2D eigenvalue weighted by Crippen LogP contribution is 2.26. The van der Waals surface area contributed by atoms with Gasteiger partial charge in [0.25, 0.3) is 0 Å². The second-order valence-electron chi connectivity index (χ2n) is 5.42. The van der Waals surface area contributed by atoms with E-state index in [1.807, 2.05) is 0 Å². The lowest BCUT2D eigenvalue weighted by atomic mass is 10.1. The molecule has 136 valence electrons. The molecule has 6 nitrogen and oxygen atoms in total. The van der Waals surface area contributed by atoms with Crippen LogP contribution in [-0.2, 0) is 9.16 Å². The topological polar surface area (TPSA) is 90.4 Å². The van der Waals surface area contributed by atoms with Crippen LogP contribution in [-0.4, -0.2) is 40.6 Å². The van der Waals surface area contributed by atoms with E-state index in [1.54, 1.807) is 25.1 Å². The molecule has 0 fully saturated rings. The largest absolute Gasteiger partial charge is 0.461 e. The van der Waals surface area contributed by atoms with Crippen molar-refractivity contribution in [2.24, 2.45) is 5.73 Å². The third-order valence-corrected chi connectivity index (χ3v) is 4.61. The molecule has 0 spiro atoms. The van der Waals surface area contributed by atoms with Crippen LogP contribution in [0.1, 0.15) is 35.4 Å². The van der Waals surface area contributed by atoms with Gasteiger partial charge in [-0.1, -0.05) is 22.6 Å². The number of carbonyl (C=O) groups is 1. The molecule has 0 amide bonds. The molecule has 1 atom stereocenters. The number of hydrogen-bond acceptors (Lipinski definition) is 5. The fourth-order valence-electron chi connectivity index (χ4n) is 2.50. The van der Waals surface area contributed by atoms with Gasteiger partial charge in [-0.25, -0.2) is 9.18 Å². The van der Waals surface area contributed by atoms with Crippen LogP contribution in [0.5, 0.6) is 0 Å². The van der Waals surface area contributed by atoms with E-state index in [0.29, 0.717) is 27.7 Å². The van der Waals surface area contributed by atoms with Gasteiger partial charge in [-0.2, -0.15) is 5.10 Å². The quantitative estimate of drug-likeness (QED) is 0.359. The molecule has 1 aromatic carbocycles. The minimum atomic E-state index is -0.506. The number of esters is 1. The smallest absolute Gasteiger partial charge is 0.356 e. The van der Waals surface area contributed by atoms with E-state index in [1.165, 1.54) is 10.7 Å².